The molecule has 0 spiro atoms. The van der Waals surface area contributed by atoms with Gasteiger partial charge in [0.2, 0.25) is 0 Å². The SMILES string of the molecule is Cc1cn(O)c(C)cc1=N. The summed E-state index contributed by atoms with van der Waals surface area (Å²) < 4.78 is 1.02. The molecule has 0 atom stereocenters. The van der Waals surface area contributed by atoms with Crippen LogP contribution in [0.1, 0.15) is 11.3 Å². The Balaban J connectivity index is 3.43. The third-order valence-electron chi connectivity index (χ3n) is 1.46. The van der Waals surface area contributed by atoms with Gasteiger partial charge in [-0.25, -0.2) is 0 Å². The summed E-state index contributed by atoms with van der Waals surface area (Å²) >= 11 is 0. The number of hydrogen-bond donors (Lipinski definition) is 2. The molecule has 0 unspecified atom stereocenters. The van der Waals surface area contributed by atoms with Crippen LogP contribution < -0.4 is 5.36 Å². The van der Waals surface area contributed by atoms with Gasteiger partial charge in [-0.3, -0.25) is 0 Å². The first kappa shape index (κ1) is 6.86. The molecular formula is C7H10N2O. The predicted molar refractivity (Wildman–Crippen MR) is 36.9 cm³/mol. The van der Waals surface area contributed by atoms with Gasteiger partial charge in [0.05, 0.1) is 11.1 Å². The molecule has 1 aromatic heterocycles. The molecule has 2 N–H and O–H groups in total. The molecule has 0 aliphatic heterocycles. The minimum Gasteiger partial charge on any atom is -0.429 e. The zero-order valence-electron chi connectivity index (χ0n) is 6.05. The zero-order valence-corrected chi connectivity index (χ0v) is 6.05. The molecule has 0 aliphatic carbocycles. The largest absolute Gasteiger partial charge is 0.429 e. The molecule has 1 heterocycles. The fourth-order valence-corrected chi connectivity index (χ4v) is 0.744. The van der Waals surface area contributed by atoms with Crippen molar-refractivity contribution in [2.24, 2.45) is 0 Å². The predicted octanol–water partition coefficient (Wildman–Crippen LogP) is 0.822. The van der Waals surface area contributed by atoms with Crippen LogP contribution >= 0.6 is 0 Å². The van der Waals surface area contributed by atoms with Gasteiger partial charge in [-0.15, -0.1) is 0 Å². The number of nitrogens with zero attached hydrogens (tertiary/aromatic N) is 1. The van der Waals surface area contributed by atoms with Crippen LogP contribution in [0.5, 0.6) is 0 Å². The maximum absolute atomic E-state index is 9.06. The average molecular weight is 138 g/mol. The first-order valence-electron chi connectivity index (χ1n) is 3.05. The standard InChI is InChI=1S/C7H10N2O/c1-5-4-9(10)6(2)3-7(5)8/h3-4,8,10H,1-2H3. The fraction of sp³-hybridized carbons (Fsp3) is 0.286. The van der Waals surface area contributed by atoms with E-state index in [1.807, 2.05) is 0 Å². The summed E-state index contributed by atoms with van der Waals surface area (Å²) in [4.78, 5) is 0. The van der Waals surface area contributed by atoms with E-state index in [4.69, 9.17) is 10.6 Å². The van der Waals surface area contributed by atoms with Gasteiger partial charge in [-0.05, 0) is 25.5 Å². The van der Waals surface area contributed by atoms with Crippen LogP contribution in [0.3, 0.4) is 0 Å². The second-order valence-corrected chi connectivity index (χ2v) is 2.36. The van der Waals surface area contributed by atoms with E-state index in [9.17, 15) is 0 Å². The highest BCUT2D eigenvalue weighted by molar-refractivity contribution is 5.10. The van der Waals surface area contributed by atoms with Crippen LogP contribution in [0.25, 0.3) is 0 Å². The van der Waals surface area contributed by atoms with Crippen LogP contribution in [0.15, 0.2) is 12.3 Å². The van der Waals surface area contributed by atoms with Crippen molar-refractivity contribution in [2.75, 3.05) is 0 Å². The van der Waals surface area contributed by atoms with E-state index in [2.05, 4.69) is 0 Å². The molecule has 0 bridgehead atoms. The summed E-state index contributed by atoms with van der Waals surface area (Å²) in [5.41, 5.74) is 1.45. The van der Waals surface area contributed by atoms with E-state index in [0.29, 0.717) is 11.1 Å². The Morgan fingerprint density at radius 2 is 2.10 bits per heavy atom. The molecule has 0 aromatic carbocycles. The van der Waals surface area contributed by atoms with E-state index in [1.165, 1.54) is 6.20 Å². The van der Waals surface area contributed by atoms with E-state index in [0.717, 1.165) is 10.3 Å². The molecule has 0 saturated carbocycles. The molecule has 3 heteroatoms. The lowest BCUT2D eigenvalue weighted by Gasteiger charge is -2.02. The molecule has 10 heavy (non-hydrogen) atoms. The maximum atomic E-state index is 9.06. The summed E-state index contributed by atoms with van der Waals surface area (Å²) in [7, 11) is 0. The summed E-state index contributed by atoms with van der Waals surface area (Å²) in [6, 6.07) is 1.62. The first-order valence-corrected chi connectivity index (χ1v) is 3.05. The second-order valence-electron chi connectivity index (χ2n) is 2.36. The molecule has 0 fully saturated rings. The highest BCUT2D eigenvalue weighted by atomic mass is 16.5. The topological polar surface area (TPSA) is 49.0 Å². The highest BCUT2D eigenvalue weighted by Crippen LogP contribution is 1.92. The third-order valence-corrected chi connectivity index (χ3v) is 1.46. The van der Waals surface area contributed by atoms with Crippen molar-refractivity contribution in [3.63, 3.8) is 0 Å². The van der Waals surface area contributed by atoms with Crippen LogP contribution in [-0.2, 0) is 0 Å². The van der Waals surface area contributed by atoms with Gasteiger partial charge < -0.3 is 10.6 Å². The summed E-state index contributed by atoms with van der Waals surface area (Å²) in [6.07, 6.45) is 1.53. The minimum atomic E-state index is 0.461. The zero-order chi connectivity index (χ0) is 7.72. The van der Waals surface area contributed by atoms with E-state index >= 15 is 0 Å². The van der Waals surface area contributed by atoms with Crippen molar-refractivity contribution in [1.82, 2.24) is 4.73 Å². The molecule has 0 aliphatic rings. The molecular weight excluding hydrogens is 128 g/mol. The number of nitrogens with one attached hydrogen (secondary N) is 1. The normalized spacial score (nSPS) is 9.80. The minimum absolute atomic E-state index is 0.461. The summed E-state index contributed by atoms with van der Waals surface area (Å²) in [5.74, 6) is 0. The summed E-state index contributed by atoms with van der Waals surface area (Å²) in [5, 5.41) is 16.9. The Bertz CT molecular complexity index is 301. The molecule has 0 amide bonds. The number of aryl methyl sites for hydroxylation is 2. The molecule has 0 saturated heterocycles. The number of aromatic nitrogens is 1. The Morgan fingerprint density at radius 3 is 2.60 bits per heavy atom. The number of rotatable bonds is 0. The van der Waals surface area contributed by atoms with Crippen LogP contribution in [0.2, 0.25) is 0 Å². The first-order chi connectivity index (χ1) is 4.61. The van der Waals surface area contributed by atoms with Crippen molar-refractivity contribution in [1.29, 1.82) is 5.41 Å². The fourth-order valence-electron chi connectivity index (χ4n) is 0.744. The molecule has 1 aromatic rings. The van der Waals surface area contributed by atoms with Crippen LogP contribution in [0.4, 0.5) is 0 Å². The van der Waals surface area contributed by atoms with Gasteiger partial charge in [0.25, 0.3) is 0 Å². The lowest BCUT2D eigenvalue weighted by atomic mass is 10.3. The lowest BCUT2D eigenvalue weighted by Crippen LogP contribution is -2.10. The quantitative estimate of drug-likeness (QED) is 0.512. The lowest BCUT2D eigenvalue weighted by molar-refractivity contribution is 0.176. The Labute approximate surface area is 59.0 Å². The van der Waals surface area contributed by atoms with Gasteiger partial charge in [0, 0.05) is 6.20 Å². The van der Waals surface area contributed by atoms with Gasteiger partial charge >= 0.3 is 0 Å². The van der Waals surface area contributed by atoms with Gasteiger partial charge in [-0.1, -0.05) is 0 Å². The van der Waals surface area contributed by atoms with Crippen molar-refractivity contribution >= 4 is 0 Å². The number of hydrogen-bond acceptors (Lipinski definition) is 2. The van der Waals surface area contributed by atoms with Gasteiger partial charge in [0.1, 0.15) is 0 Å². The van der Waals surface area contributed by atoms with Crippen LogP contribution in [-0.4, -0.2) is 9.94 Å². The van der Waals surface area contributed by atoms with Crippen molar-refractivity contribution in [3.05, 3.63) is 28.9 Å². The van der Waals surface area contributed by atoms with Crippen LogP contribution in [0, 0.1) is 19.3 Å². The second kappa shape index (κ2) is 2.17. The van der Waals surface area contributed by atoms with Gasteiger partial charge in [-0.2, -0.15) is 4.73 Å². The third kappa shape index (κ3) is 1.03. The Kier molecular flexibility index (Phi) is 1.49. The number of pyridine rings is 1. The smallest absolute Gasteiger partial charge is 0.0603 e. The average Bonchev–Trinajstić information content (AvgIpc) is 1.84. The highest BCUT2D eigenvalue weighted by Gasteiger charge is 1.93. The molecule has 0 radical (unpaired) electrons. The summed E-state index contributed by atoms with van der Waals surface area (Å²) in [6.45, 7) is 3.53. The van der Waals surface area contributed by atoms with E-state index in [-0.39, 0.29) is 0 Å². The molecule has 1 rings (SSSR count). The van der Waals surface area contributed by atoms with E-state index < -0.39 is 0 Å². The van der Waals surface area contributed by atoms with Crippen molar-refractivity contribution in [2.45, 2.75) is 13.8 Å². The molecule has 3 nitrogen and oxygen atoms in total. The Hall–Kier alpha value is -1.25. The van der Waals surface area contributed by atoms with Crippen molar-refractivity contribution in [3.8, 4) is 0 Å². The Morgan fingerprint density at radius 1 is 1.50 bits per heavy atom. The van der Waals surface area contributed by atoms with Gasteiger partial charge in [0.15, 0.2) is 0 Å². The monoisotopic (exact) mass is 138 g/mol. The van der Waals surface area contributed by atoms with Crippen molar-refractivity contribution < 1.29 is 5.21 Å². The maximum Gasteiger partial charge on any atom is 0.0603 e. The molecule has 54 valence electrons. The van der Waals surface area contributed by atoms with E-state index in [1.54, 1.807) is 19.9 Å².